The molecule has 3 heterocycles. The number of hydrogen-bond acceptors (Lipinski definition) is 4. The lowest BCUT2D eigenvalue weighted by Gasteiger charge is -2.37. The van der Waals surface area contributed by atoms with Crippen molar-refractivity contribution in [3.05, 3.63) is 58.7 Å². The SMILES string of the molecule is C[C@@H](CO[Si](C)(C)C(C)(C)C)n1cc(C(=O)c2cncc(Br)c2)c2cnccc21. The summed E-state index contributed by atoms with van der Waals surface area (Å²) in [5, 5.41) is 1.00. The maximum atomic E-state index is 13.2. The van der Waals surface area contributed by atoms with Crippen molar-refractivity contribution in [1.29, 1.82) is 0 Å². The number of hydrogen-bond donors (Lipinski definition) is 0. The molecule has 29 heavy (non-hydrogen) atoms. The van der Waals surface area contributed by atoms with Gasteiger partial charge in [-0.2, -0.15) is 0 Å². The number of rotatable bonds is 6. The minimum Gasteiger partial charge on any atom is -0.415 e. The van der Waals surface area contributed by atoms with Crippen LogP contribution in [0.1, 0.15) is 49.7 Å². The second-order valence-corrected chi connectivity index (χ2v) is 14.7. The van der Waals surface area contributed by atoms with Gasteiger partial charge in [-0.1, -0.05) is 20.8 Å². The van der Waals surface area contributed by atoms with Crippen molar-refractivity contribution < 1.29 is 9.22 Å². The highest BCUT2D eigenvalue weighted by molar-refractivity contribution is 9.10. The summed E-state index contributed by atoms with van der Waals surface area (Å²) < 4.78 is 9.34. The first kappa shape index (κ1) is 21.9. The zero-order chi connectivity index (χ0) is 21.4. The van der Waals surface area contributed by atoms with Crippen molar-refractivity contribution in [2.75, 3.05) is 6.61 Å². The minimum atomic E-state index is -1.85. The summed E-state index contributed by atoms with van der Waals surface area (Å²) in [5.41, 5.74) is 2.16. The Bertz CT molecular complexity index is 1040. The van der Waals surface area contributed by atoms with Gasteiger partial charge >= 0.3 is 0 Å². The molecule has 1 atom stereocenters. The molecule has 0 fully saturated rings. The highest BCUT2D eigenvalue weighted by Gasteiger charge is 2.37. The van der Waals surface area contributed by atoms with Crippen LogP contribution in [-0.2, 0) is 4.43 Å². The molecule has 3 aromatic heterocycles. The second-order valence-electron chi connectivity index (χ2n) is 8.98. The Morgan fingerprint density at radius 3 is 2.62 bits per heavy atom. The van der Waals surface area contributed by atoms with E-state index in [9.17, 15) is 4.79 Å². The van der Waals surface area contributed by atoms with Gasteiger partial charge in [0.1, 0.15) is 0 Å². The molecule has 0 N–H and O–H groups in total. The van der Waals surface area contributed by atoms with Crippen molar-refractivity contribution in [1.82, 2.24) is 14.5 Å². The molecule has 154 valence electrons. The first-order valence-electron chi connectivity index (χ1n) is 9.75. The van der Waals surface area contributed by atoms with Crippen LogP contribution in [0.15, 0.2) is 47.6 Å². The maximum absolute atomic E-state index is 13.2. The summed E-state index contributed by atoms with van der Waals surface area (Å²) >= 11 is 3.39. The Morgan fingerprint density at radius 1 is 1.24 bits per heavy atom. The fourth-order valence-electron chi connectivity index (χ4n) is 2.96. The molecule has 0 aliphatic heterocycles. The lowest BCUT2D eigenvalue weighted by Crippen LogP contribution is -2.41. The van der Waals surface area contributed by atoms with E-state index in [1.165, 1.54) is 0 Å². The van der Waals surface area contributed by atoms with Crippen LogP contribution in [0.2, 0.25) is 18.1 Å². The molecule has 0 saturated carbocycles. The summed E-state index contributed by atoms with van der Waals surface area (Å²) in [6.07, 6.45) is 8.70. The number of halogens is 1. The lowest BCUT2D eigenvalue weighted by molar-refractivity contribution is 0.103. The molecule has 0 saturated heterocycles. The van der Waals surface area contributed by atoms with Crippen molar-refractivity contribution in [3.63, 3.8) is 0 Å². The Kier molecular flexibility index (Phi) is 6.13. The quantitative estimate of drug-likeness (QED) is 0.324. The molecule has 0 radical (unpaired) electrons. The van der Waals surface area contributed by atoms with Crippen LogP contribution >= 0.6 is 15.9 Å². The maximum Gasteiger partial charge on any atom is 0.196 e. The third kappa shape index (κ3) is 4.52. The van der Waals surface area contributed by atoms with Crippen molar-refractivity contribution >= 4 is 40.9 Å². The fourth-order valence-corrected chi connectivity index (χ4v) is 4.42. The first-order chi connectivity index (χ1) is 13.5. The van der Waals surface area contributed by atoms with Crippen molar-refractivity contribution in [3.8, 4) is 0 Å². The average molecular weight is 474 g/mol. The molecular formula is C22H28BrN3O2Si. The van der Waals surface area contributed by atoms with Gasteiger partial charge in [0.2, 0.25) is 0 Å². The van der Waals surface area contributed by atoms with E-state index in [-0.39, 0.29) is 16.9 Å². The van der Waals surface area contributed by atoms with Crippen LogP contribution < -0.4 is 0 Å². The molecule has 3 rings (SSSR count). The van der Waals surface area contributed by atoms with Gasteiger partial charge in [-0.25, -0.2) is 0 Å². The molecule has 0 aliphatic carbocycles. The summed E-state index contributed by atoms with van der Waals surface area (Å²) in [6.45, 7) is 14.0. The summed E-state index contributed by atoms with van der Waals surface area (Å²) in [5.74, 6) is -0.0620. The Balaban J connectivity index is 1.95. The molecule has 0 aliphatic rings. The van der Waals surface area contributed by atoms with Crippen LogP contribution in [0.25, 0.3) is 10.9 Å². The molecule has 5 nitrogen and oxygen atoms in total. The van der Waals surface area contributed by atoms with E-state index in [2.05, 4.69) is 71.3 Å². The zero-order valence-corrected chi connectivity index (χ0v) is 20.4. The van der Waals surface area contributed by atoms with Crippen molar-refractivity contribution in [2.45, 2.75) is 51.9 Å². The average Bonchev–Trinajstić information content (AvgIpc) is 3.04. The Labute approximate surface area is 181 Å². The molecule has 0 bridgehead atoms. The van der Waals surface area contributed by atoms with Crippen LogP contribution in [0.4, 0.5) is 0 Å². The van der Waals surface area contributed by atoms with Crippen LogP contribution in [0.5, 0.6) is 0 Å². The number of carbonyl (C=O) groups excluding carboxylic acids is 1. The molecule has 3 aromatic rings. The molecular weight excluding hydrogens is 446 g/mol. The largest absolute Gasteiger partial charge is 0.415 e. The zero-order valence-electron chi connectivity index (χ0n) is 17.9. The number of ketones is 1. The second kappa shape index (κ2) is 8.12. The van der Waals surface area contributed by atoms with E-state index in [1.807, 2.05) is 12.3 Å². The molecule has 0 unspecified atom stereocenters. The third-order valence-electron chi connectivity index (χ3n) is 5.81. The van der Waals surface area contributed by atoms with E-state index in [4.69, 9.17) is 4.43 Å². The highest BCUT2D eigenvalue weighted by Crippen LogP contribution is 2.37. The van der Waals surface area contributed by atoms with Gasteiger partial charge in [0.25, 0.3) is 0 Å². The van der Waals surface area contributed by atoms with Gasteiger partial charge in [-0.05, 0) is 53.1 Å². The number of fused-ring (bicyclic) bond motifs is 1. The topological polar surface area (TPSA) is 57.0 Å². The van der Waals surface area contributed by atoms with E-state index in [1.54, 1.807) is 30.9 Å². The Hall–Kier alpha value is -1.83. The van der Waals surface area contributed by atoms with Gasteiger partial charge in [0.05, 0.1) is 18.2 Å². The van der Waals surface area contributed by atoms with Crippen LogP contribution in [0, 0.1) is 0 Å². The molecule has 0 spiro atoms. The van der Waals surface area contributed by atoms with Crippen LogP contribution in [0.3, 0.4) is 0 Å². The standard InChI is InChI=1S/C22H28BrN3O2Si/c1-15(14-28-29(5,6)22(2,3)4)26-13-19(18-12-24-8-7-20(18)26)21(27)16-9-17(23)11-25-10-16/h7-13,15H,14H2,1-6H3/t15-/m0/s1. The minimum absolute atomic E-state index is 0.0620. The van der Waals surface area contributed by atoms with E-state index in [0.29, 0.717) is 17.7 Å². The highest BCUT2D eigenvalue weighted by atomic mass is 79.9. The predicted octanol–water partition coefficient (Wildman–Crippen LogP) is 6.01. The Morgan fingerprint density at radius 2 is 1.97 bits per heavy atom. The monoisotopic (exact) mass is 473 g/mol. The summed E-state index contributed by atoms with van der Waals surface area (Å²) in [4.78, 5) is 21.5. The van der Waals surface area contributed by atoms with Gasteiger partial charge in [-0.3, -0.25) is 14.8 Å². The first-order valence-corrected chi connectivity index (χ1v) is 13.4. The fraction of sp³-hybridized carbons (Fsp3) is 0.409. The number of pyridine rings is 2. The third-order valence-corrected chi connectivity index (χ3v) is 10.7. The van der Waals surface area contributed by atoms with Crippen LogP contribution in [-0.4, -0.2) is 35.2 Å². The van der Waals surface area contributed by atoms with E-state index in [0.717, 1.165) is 15.4 Å². The summed E-state index contributed by atoms with van der Waals surface area (Å²) in [6, 6.07) is 3.84. The van der Waals surface area contributed by atoms with Crippen molar-refractivity contribution in [2.24, 2.45) is 0 Å². The summed E-state index contributed by atoms with van der Waals surface area (Å²) in [7, 11) is -1.85. The van der Waals surface area contributed by atoms with Gasteiger partial charge in [-0.15, -0.1) is 0 Å². The van der Waals surface area contributed by atoms with E-state index >= 15 is 0 Å². The molecule has 0 amide bonds. The number of carbonyl (C=O) groups is 1. The number of aromatic nitrogens is 3. The molecule has 0 aromatic carbocycles. The number of nitrogens with zero attached hydrogens (tertiary/aromatic N) is 3. The lowest BCUT2D eigenvalue weighted by atomic mass is 10.1. The van der Waals surface area contributed by atoms with E-state index < -0.39 is 8.32 Å². The normalized spacial score (nSPS) is 13.6. The van der Waals surface area contributed by atoms with Gasteiger partial charge in [0.15, 0.2) is 14.1 Å². The predicted molar refractivity (Wildman–Crippen MR) is 123 cm³/mol. The molecule has 7 heteroatoms. The van der Waals surface area contributed by atoms with Gasteiger partial charge < -0.3 is 8.99 Å². The smallest absolute Gasteiger partial charge is 0.196 e. The van der Waals surface area contributed by atoms with Gasteiger partial charge in [0, 0.05) is 52.0 Å².